The molecule has 2 N–H and O–H groups in total. The Morgan fingerprint density at radius 1 is 1.14 bits per heavy atom. The van der Waals surface area contributed by atoms with Gasteiger partial charge in [0.1, 0.15) is 22.2 Å². The van der Waals surface area contributed by atoms with Gasteiger partial charge in [-0.25, -0.2) is 17.2 Å². The molecule has 2 aromatic rings. The smallest absolute Gasteiger partial charge is 0.263 e. The third kappa shape index (κ3) is 3.39. The Morgan fingerprint density at radius 3 is 2.29 bits per heavy atom. The van der Waals surface area contributed by atoms with Crippen molar-refractivity contribution < 1.29 is 22.3 Å². The fraction of sp³-hybridized carbons (Fsp3) is 0.0769. The second-order valence-corrected chi connectivity index (χ2v) is 6.63. The van der Waals surface area contributed by atoms with Crippen LogP contribution in [0.2, 0.25) is 0 Å². The largest absolute Gasteiger partial charge is 0.392 e. The van der Waals surface area contributed by atoms with Gasteiger partial charge >= 0.3 is 0 Å². The minimum atomic E-state index is -4.17. The number of hydrogen-bond donors (Lipinski definition) is 2. The zero-order valence-electron chi connectivity index (χ0n) is 10.5. The molecule has 0 saturated heterocycles. The Hall–Kier alpha value is -1.51. The summed E-state index contributed by atoms with van der Waals surface area (Å²) >= 11 is 3.06. The van der Waals surface area contributed by atoms with E-state index in [4.69, 9.17) is 5.11 Å². The van der Waals surface area contributed by atoms with Crippen molar-refractivity contribution in [2.24, 2.45) is 0 Å². The van der Waals surface area contributed by atoms with E-state index in [2.05, 4.69) is 15.9 Å². The maximum atomic E-state index is 13.5. The van der Waals surface area contributed by atoms with Crippen LogP contribution in [0.3, 0.4) is 0 Å². The summed E-state index contributed by atoms with van der Waals surface area (Å²) in [6, 6.07) is 7.07. The number of rotatable bonds is 4. The van der Waals surface area contributed by atoms with Crippen LogP contribution in [0, 0.1) is 11.6 Å². The average Bonchev–Trinajstić information content (AvgIpc) is 2.42. The second-order valence-electron chi connectivity index (χ2n) is 4.13. The second kappa shape index (κ2) is 6.08. The highest BCUT2D eigenvalue weighted by Crippen LogP contribution is 2.27. The number of benzene rings is 2. The number of nitrogens with one attached hydrogen (secondary N) is 1. The molecule has 0 spiro atoms. The molecular formula is C13H10BrF2NO3S. The summed E-state index contributed by atoms with van der Waals surface area (Å²) in [7, 11) is -4.17. The average molecular weight is 378 g/mol. The highest BCUT2D eigenvalue weighted by molar-refractivity contribution is 9.10. The maximum Gasteiger partial charge on any atom is 0.263 e. The van der Waals surface area contributed by atoms with Crippen LogP contribution in [0.5, 0.6) is 0 Å². The third-order valence-corrected chi connectivity index (χ3v) is 4.99. The van der Waals surface area contributed by atoms with E-state index < -0.39 is 27.3 Å². The van der Waals surface area contributed by atoms with Crippen molar-refractivity contribution >= 4 is 31.6 Å². The SMILES string of the molecule is O=S(=O)(Nc1c(F)cccc1F)c1ccc(CO)cc1Br. The van der Waals surface area contributed by atoms with Crippen molar-refractivity contribution in [3.63, 3.8) is 0 Å². The van der Waals surface area contributed by atoms with Gasteiger partial charge in [0.25, 0.3) is 10.0 Å². The van der Waals surface area contributed by atoms with E-state index in [0.29, 0.717) is 5.56 Å². The summed E-state index contributed by atoms with van der Waals surface area (Å²) in [5.41, 5.74) is -0.242. The van der Waals surface area contributed by atoms with Crippen molar-refractivity contribution in [3.05, 3.63) is 58.1 Å². The molecule has 112 valence electrons. The first-order chi connectivity index (χ1) is 9.85. The van der Waals surface area contributed by atoms with Crippen LogP contribution >= 0.6 is 15.9 Å². The van der Waals surface area contributed by atoms with Crippen LogP contribution in [0.25, 0.3) is 0 Å². The van der Waals surface area contributed by atoms with E-state index in [-0.39, 0.29) is 16.0 Å². The van der Waals surface area contributed by atoms with Gasteiger partial charge in [0.15, 0.2) is 0 Å². The van der Waals surface area contributed by atoms with Gasteiger partial charge in [-0.15, -0.1) is 0 Å². The van der Waals surface area contributed by atoms with E-state index >= 15 is 0 Å². The van der Waals surface area contributed by atoms with Crippen molar-refractivity contribution in [2.45, 2.75) is 11.5 Å². The van der Waals surface area contributed by atoms with Crippen LogP contribution in [0.4, 0.5) is 14.5 Å². The van der Waals surface area contributed by atoms with Crippen LogP contribution in [0.15, 0.2) is 45.8 Å². The Labute approximate surface area is 128 Å². The molecule has 0 saturated carbocycles. The molecule has 0 radical (unpaired) electrons. The van der Waals surface area contributed by atoms with Crippen LogP contribution in [0.1, 0.15) is 5.56 Å². The minimum absolute atomic E-state index is 0.179. The number of aliphatic hydroxyl groups is 1. The Morgan fingerprint density at radius 2 is 1.76 bits per heavy atom. The topological polar surface area (TPSA) is 66.4 Å². The van der Waals surface area contributed by atoms with Gasteiger partial charge in [-0.3, -0.25) is 4.72 Å². The molecule has 8 heteroatoms. The van der Waals surface area contributed by atoms with E-state index in [1.807, 2.05) is 4.72 Å². The Bertz CT molecular complexity index is 761. The standard InChI is InChI=1S/C13H10BrF2NO3S/c14-9-6-8(7-18)4-5-12(9)21(19,20)17-13-10(15)2-1-3-11(13)16/h1-6,17-18H,7H2. The lowest BCUT2D eigenvalue weighted by Crippen LogP contribution is -2.15. The number of sulfonamides is 1. The van der Waals surface area contributed by atoms with Gasteiger partial charge in [0.05, 0.1) is 6.61 Å². The fourth-order valence-electron chi connectivity index (χ4n) is 1.65. The summed E-state index contributed by atoms with van der Waals surface area (Å²) in [5.74, 6) is -2.02. The molecule has 0 aliphatic rings. The molecule has 0 amide bonds. The van der Waals surface area contributed by atoms with Gasteiger partial charge in [-0.05, 0) is 45.8 Å². The quantitative estimate of drug-likeness (QED) is 0.860. The van der Waals surface area contributed by atoms with Gasteiger partial charge < -0.3 is 5.11 Å². The lowest BCUT2D eigenvalue weighted by Gasteiger charge is -2.11. The predicted octanol–water partition coefficient (Wildman–Crippen LogP) is 3.02. The van der Waals surface area contributed by atoms with Crippen molar-refractivity contribution in [1.82, 2.24) is 0 Å². The van der Waals surface area contributed by atoms with Crippen molar-refractivity contribution in [2.75, 3.05) is 4.72 Å². The Kier molecular flexibility index (Phi) is 4.60. The van der Waals surface area contributed by atoms with Crippen LogP contribution in [-0.4, -0.2) is 13.5 Å². The number of para-hydroxylation sites is 1. The molecule has 0 heterocycles. The lowest BCUT2D eigenvalue weighted by atomic mass is 10.2. The summed E-state index contributed by atoms with van der Waals surface area (Å²) in [6.07, 6.45) is 0. The Balaban J connectivity index is 2.44. The first-order valence-electron chi connectivity index (χ1n) is 5.71. The third-order valence-electron chi connectivity index (χ3n) is 2.67. The summed E-state index contributed by atoms with van der Waals surface area (Å²) in [4.78, 5) is -0.192. The molecule has 0 aliphatic heterocycles. The molecule has 0 atom stereocenters. The number of aliphatic hydroxyl groups excluding tert-OH is 1. The number of halogens is 3. The normalized spacial score (nSPS) is 11.4. The van der Waals surface area contributed by atoms with E-state index in [9.17, 15) is 17.2 Å². The summed E-state index contributed by atoms with van der Waals surface area (Å²) in [6.45, 7) is -0.256. The van der Waals surface area contributed by atoms with Gasteiger partial charge in [0.2, 0.25) is 0 Å². The van der Waals surface area contributed by atoms with Crippen molar-refractivity contribution in [1.29, 1.82) is 0 Å². The lowest BCUT2D eigenvalue weighted by molar-refractivity contribution is 0.281. The first kappa shape index (κ1) is 15.9. The number of anilines is 1. The zero-order chi connectivity index (χ0) is 15.6. The molecule has 0 fully saturated rings. The van der Waals surface area contributed by atoms with Gasteiger partial charge in [-0.1, -0.05) is 12.1 Å². The molecule has 0 aliphatic carbocycles. The van der Waals surface area contributed by atoms with Gasteiger partial charge in [-0.2, -0.15) is 0 Å². The number of hydrogen-bond acceptors (Lipinski definition) is 3. The van der Waals surface area contributed by atoms with Crippen LogP contribution in [-0.2, 0) is 16.6 Å². The fourth-order valence-corrected chi connectivity index (χ4v) is 3.85. The molecular weight excluding hydrogens is 368 g/mol. The summed E-state index contributed by atoms with van der Waals surface area (Å²) < 4.78 is 53.4. The highest BCUT2D eigenvalue weighted by atomic mass is 79.9. The minimum Gasteiger partial charge on any atom is -0.392 e. The predicted molar refractivity (Wildman–Crippen MR) is 77.2 cm³/mol. The molecule has 21 heavy (non-hydrogen) atoms. The molecule has 4 nitrogen and oxygen atoms in total. The van der Waals surface area contributed by atoms with E-state index in [0.717, 1.165) is 18.2 Å². The highest BCUT2D eigenvalue weighted by Gasteiger charge is 2.21. The molecule has 0 bridgehead atoms. The molecule has 2 aromatic carbocycles. The summed E-state index contributed by atoms with van der Waals surface area (Å²) in [5, 5.41) is 8.98. The molecule has 0 aromatic heterocycles. The zero-order valence-corrected chi connectivity index (χ0v) is 12.9. The molecule has 2 rings (SSSR count). The van der Waals surface area contributed by atoms with E-state index in [1.165, 1.54) is 18.2 Å². The van der Waals surface area contributed by atoms with Crippen LogP contribution < -0.4 is 4.72 Å². The monoisotopic (exact) mass is 377 g/mol. The molecule has 0 unspecified atom stereocenters. The van der Waals surface area contributed by atoms with Gasteiger partial charge in [0, 0.05) is 4.47 Å². The maximum absolute atomic E-state index is 13.5. The first-order valence-corrected chi connectivity index (χ1v) is 7.99. The van der Waals surface area contributed by atoms with Crippen molar-refractivity contribution in [3.8, 4) is 0 Å². The van der Waals surface area contributed by atoms with E-state index in [1.54, 1.807) is 0 Å².